The highest BCUT2D eigenvalue weighted by Crippen LogP contribution is 2.56. The van der Waals surface area contributed by atoms with E-state index in [1.54, 1.807) is 18.8 Å². The molecule has 0 spiro atoms. The molecule has 7 heteroatoms. The third-order valence-electron chi connectivity index (χ3n) is 3.83. The molecule has 2 bridgehead atoms. The van der Waals surface area contributed by atoms with E-state index >= 15 is 0 Å². The highest BCUT2D eigenvalue weighted by atomic mass is 32.2. The van der Waals surface area contributed by atoms with Gasteiger partial charge in [-0.25, -0.2) is 13.2 Å². The minimum Gasteiger partial charge on any atom is -0.456 e. The molecule has 3 fully saturated rings. The maximum atomic E-state index is 12.1. The van der Waals surface area contributed by atoms with E-state index in [4.69, 9.17) is 4.74 Å². The zero-order valence-corrected chi connectivity index (χ0v) is 10.9. The normalized spacial score (nSPS) is 46.1. The van der Waals surface area contributed by atoms with E-state index < -0.39 is 16.0 Å². The van der Waals surface area contributed by atoms with Crippen LogP contribution in [-0.4, -0.2) is 53.6 Å². The molecular formula is C10H13NO4S2. The third kappa shape index (κ3) is 1.36. The molecule has 5 atom stereocenters. The molecule has 0 N–H and O–H groups in total. The van der Waals surface area contributed by atoms with Gasteiger partial charge in [0, 0.05) is 23.6 Å². The Hall–Kier alpha value is -0.530. The average molecular weight is 275 g/mol. The molecule has 3 aliphatic heterocycles. The topological polar surface area (TPSA) is 63.7 Å². The van der Waals surface area contributed by atoms with Crippen LogP contribution in [0.4, 0.5) is 0 Å². The Morgan fingerprint density at radius 3 is 2.94 bits per heavy atom. The fraction of sp³-hybridized carbons (Fsp3) is 0.700. The van der Waals surface area contributed by atoms with E-state index in [2.05, 4.69) is 6.58 Å². The summed E-state index contributed by atoms with van der Waals surface area (Å²) in [6.07, 6.45) is 1.39. The summed E-state index contributed by atoms with van der Waals surface area (Å²) in [5, 5.41) is -0.123. The molecule has 0 aromatic heterocycles. The molecule has 0 radical (unpaired) electrons. The number of nitrogens with zero attached hydrogens (tertiary/aromatic N) is 1. The molecule has 5 nitrogen and oxygen atoms in total. The van der Waals surface area contributed by atoms with Crippen LogP contribution in [0, 0.1) is 0 Å². The Labute approximate surface area is 104 Å². The van der Waals surface area contributed by atoms with Crippen LogP contribution in [0.2, 0.25) is 0 Å². The molecule has 0 amide bonds. The molecule has 0 aliphatic carbocycles. The van der Waals surface area contributed by atoms with Gasteiger partial charge in [-0.1, -0.05) is 6.58 Å². The summed E-state index contributed by atoms with van der Waals surface area (Å²) in [5.41, 5.74) is 0. The molecule has 0 aromatic carbocycles. The van der Waals surface area contributed by atoms with Crippen LogP contribution < -0.4 is 0 Å². The van der Waals surface area contributed by atoms with Gasteiger partial charge in [-0.3, -0.25) is 0 Å². The van der Waals surface area contributed by atoms with Gasteiger partial charge in [0.2, 0.25) is 10.0 Å². The van der Waals surface area contributed by atoms with Crippen LogP contribution in [0.5, 0.6) is 0 Å². The van der Waals surface area contributed by atoms with Crippen LogP contribution in [0.1, 0.15) is 6.42 Å². The van der Waals surface area contributed by atoms with Crippen molar-refractivity contribution in [2.75, 3.05) is 7.05 Å². The molecule has 0 saturated carbocycles. The lowest BCUT2D eigenvalue weighted by atomic mass is 9.92. The van der Waals surface area contributed by atoms with Gasteiger partial charge in [-0.05, 0) is 6.42 Å². The molecular weight excluding hydrogens is 262 g/mol. The quantitative estimate of drug-likeness (QED) is 0.524. The van der Waals surface area contributed by atoms with Crippen LogP contribution in [0.3, 0.4) is 0 Å². The zero-order valence-electron chi connectivity index (χ0n) is 9.28. The largest absolute Gasteiger partial charge is 0.456 e. The highest BCUT2D eigenvalue weighted by Gasteiger charge is 2.67. The van der Waals surface area contributed by atoms with Crippen LogP contribution >= 0.6 is 11.8 Å². The second-order valence-electron chi connectivity index (χ2n) is 4.57. The van der Waals surface area contributed by atoms with Crippen molar-refractivity contribution >= 4 is 27.8 Å². The smallest absolute Gasteiger partial charge is 0.330 e. The number of esters is 1. The monoisotopic (exact) mass is 275 g/mol. The Morgan fingerprint density at radius 1 is 1.59 bits per heavy atom. The standard InChI is InChI=1S/C10H13NO4S2/c1-3-7(12)15-9-5-4-6-10(16-5)8(9)11(2)17(6,13)14/h3,5-6,8-10H,1,4H2,2H3. The van der Waals surface area contributed by atoms with Crippen molar-refractivity contribution in [3.8, 4) is 0 Å². The number of carbonyl (C=O) groups excluding carboxylic acids is 1. The number of likely N-dealkylation sites (N-methyl/N-ethyl adjacent to an activating group) is 1. The molecule has 3 heterocycles. The number of thioether (sulfide) groups is 1. The van der Waals surface area contributed by atoms with Crippen molar-refractivity contribution < 1.29 is 17.9 Å². The number of fused-ring (bicyclic) bond motifs is 1. The van der Waals surface area contributed by atoms with Gasteiger partial charge in [0.25, 0.3) is 0 Å². The van der Waals surface area contributed by atoms with Gasteiger partial charge in [0.15, 0.2) is 0 Å². The second-order valence-corrected chi connectivity index (χ2v) is 8.20. The van der Waals surface area contributed by atoms with Gasteiger partial charge < -0.3 is 4.74 Å². The average Bonchev–Trinajstić information content (AvgIpc) is 2.88. The Bertz CT molecular complexity index is 489. The van der Waals surface area contributed by atoms with Crippen molar-refractivity contribution in [2.45, 2.75) is 34.3 Å². The summed E-state index contributed by atoms with van der Waals surface area (Å²) in [6.45, 7) is 3.36. The summed E-state index contributed by atoms with van der Waals surface area (Å²) in [5.74, 6) is -0.475. The Morgan fingerprint density at radius 2 is 2.29 bits per heavy atom. The van der Waals surface area contributed by atoms with Crippen molar-refractivity contribution in [2.24, 2.45) is 0 Å². The predicted octanol–water partition coefficient (Wildman–Crippen LogP) is -0.0157. The number of sulfonamides is 1. The molecule has 94 valence electrons. The van der Waals surface area contributed by atoms with E-state index in [1.165, 1.54) is 4.31 Å². The Kier molecular flexibility index (Phi) is 2.37. The first-order valence-electron chi connectivity index (χ1n) is 5.42. The lowest BCUT2D eigenvalue weighted by Crippen LogP contribution is -2.45. The molecule has 0 aromatic rings. The van der Waals surface area contributed by atoms with Gasteiger partial charge in [0.1, 0.15) is 6.10 Å². The van der Waals surface area contributed by atoms with Crippen LogP contribution in [0.15, 0.2) is 12.7 Å². The summed E-state index contributed by atoms with van der Waals surface area (Å²) in [4.78, 5) is 11.3. The van der Waals surface area contributed by atoms with E-state index in [9.17, 15) is 13.2 Å². The number of hydrogen-bond acceptors (Lipinski definition) is 5. The lowest BCUT2D eigenvalue weighted by molar-refractivity contribution is -0.145. The van der Waals surface area contributed by atoms with Gasteiger partial charge in [-0.15, -0.1) is 11.8 Å². The first kappa shape index (κ1) is 11.6. The lowest BCUT2D eigenvalue weighted by Gasteiger charge is -2.26. The number of hydrogen-bond donors (Lipinski definition) is 0. The van der Waals surface area contributed by atoms with Gasteiger partial charge >= 0.3 is 5.97 Å². The van der Waals surface area contributed by atoms with Crippen LogP contribution in [-0.2, 0) is 19.6 Å². The minimum absolute atomic E-state index is 0.0533. The molecule has 5 unspecified atom stereocenters. The van der Waals surface area contributed by atoms with E-state index in [0.29, 0.717) is 6.42 Å². The van der Waals surface area contributed by atoms with E-state index in [-0.39, 0.29) is 27.9 Å². The summed E-state index contributed by atoms with van der Waals surface area (Å²) in [6, 6.07) is -0.197. The summed E-state index contributed by atoms with van der Waals surface area (Å²) in [7, 11) is -1.61. The first-order valence-corrected chi connectivity index (χ1v) is 7.87. The molecule has 3 rings (SSSR count). The molecule has 17 heavy (non-hydrogen) atoms. The molecule has 3 aliphatic rings. The minimum atomic E-state index is -3.19. The summed E-state index contributed by atoms with van der Waals surface area (Å²) >= 11 is 1.64. The van der Waals surface area contributed by atoms with Crippen molar-refractivity contribution in [1.29, 1.82) is 0 Å². The van der Waals surface area contributed by atoms with E-state index in [1.807, 2.05) is 0 Å². The maximum Gasteiger partial charge on any atom is 0.330 e. The fourth-order valence-corrected chi connectivity index (χ4v) is 7.70. The number of carbonyl (C=O) groups is 1. The summed E-state index contributed by atoms with van der Waals surface area (Å²) < 4.78 is 30.8. The number of rotatable bonds is 2. The van der Waals surface area contributed by atoms with Crippen molar-refractivity contribution in [3.63, 3.8) is 0 Å². The van der Waals surface area contributed by atoms with Crippen molar-refractivity contribution in [3.05, 3.63) is 12.7 Å². The van der Waals surface area contributed by atoms with Gasteiger partial charge in [-0.2, -0.15) is 4.31 Å². The SMILES string of the molecule is C=CC(=O)OC1C2CC3C(S2)C1N(C)S3(=O)=O. The van der Waals surface area contributed by atoms with Crippen molar-refractivity contribution in [1.82, 2.24) is 4.31 Å². The van der Waals surface area contributed by atoms with Crippen LogP contribution in [0.25, 0.3) is 0 Å². The zero-order chi connectivity index (χ0) is 12.4. The third-order valence-corrected chi connectivity index (χ3v) is 8.03. The fourth-order valence-electron chi connectivity index (χ4n) is 3.04. The van der Waals surface area contributed by atoms with Gasteiger partial charge in [0.05, 0.1) is 11.3 Å². The Balaban J connectivity index is 1.93. The second kappa shape index (κ2) is 3.49. The maximum absolute atomic E-state index is 12.1. The highest BCUT2D eigenvalue weighted by molar-refractivity contribution is 8.03. The predicted molar refractivity (Wildman–Crippen MR) is 64.1 cm³/mol. The molecule has 3 saturated heterocycles. The first-order chi connectivity index (χ1) is 7.96. The number of ether oxygens (including phenoxy) is 1. The van der Waals surface area contributed by atoms with E-state index in [0.717, 1.165) is 6.08 Å².